The van der Waals surface area contributed by atoms with E-state index in [1.807, 2.05) is 65.2 Å². The first kappa shape index (κ1) is 23.2. The van der Waals surface area contributed by atoms with Crippen LogP contribution in [0.15, 0.2) is 85.3 Å². The number of fused-ring (bicyclic) bond motifs is 1. The minimum atomic E-state index is 0.0826. The van der Waals surface area contributed by atoms with E-state index in [2.05, 4.69) is 39.7 Å². The van der Waals surface area contributed by atoms with Crippen molar-refractivity contribution in [3.05, 3.63) is 96.4 Å². The molecular weight excluding hydrogens is 452 g/mol. The van der Waals surface area contributed by atoms with Crippen molar-refractivity contribution < 1.29 is 9.47 Å². The molecule has 0 spiro atoms. The van der Waals surface area contributed by atoms with Crippen LogP contribution in [-0.2, 0) is 6.54 Å². The van der Waals surface area contributed by atoms with Gasteiger partial charge in [0.25, 0.3) is 0 Å². The van der Waals surface area contributed by atoms with Crippen LogP contribution in [0, 0.1) is 0 Å². The Hall–Kier alpha value is -4.59. The van der Waals surface area contributed by atoms with Crippen LogP contribution in [0.3, 0.4) is 0 Å². The molecule has 1 unspecified atom stereocenters. The van der Waals surface area contributed by atoms with Crippen LogP contribution < -0.4 is 20.1 Å². The van der Waals surface area contributed by atoms with Crippen molar-refractivity contribution in [3.63, 3.8) is 0 Å². The first-order chi connectivity index (χ1) is 17.6. The third-order valence-corrected chi connectivity index (χ3v) is 5.99. The fourth-order valence-corrected chi connectivity index (χ4v) is 4.05. The summed E-state index contributed by atoms with van der Waals surface area (Å²) in [4.78, 5) is 13.7. The van der Waals surface area contributed by atoms with Crippen LogP contribution in [0.1, 0.15) is 24.1 Å². The summed E-state index contributed by atoms with van der Waals surface area (Å²) in [6, 6.07) is 24.1. The monoisotopic (exact) mass is 480 g/mol. The molecule has 8 heteroatoms. The molecule has 5 rings (SSSR count). The lowest BCUT2D eigenvalue weighted by atomic mass is 10.1. The van der Waals surface area contributed by atoms with Crippen molar-refractivity contribution in [2.24, 2.45) is 0 Å². The highest BCUT2D eigenvalue weighted by Crippen LogP contribution is 2.25. The van der Waals surface area contributed by atoms with Crippen molar-refractivity contribution in [1.29, 1.82) is 0 Å². The summed E-state index contributed by atoms with van der Waals surface area (Å²) >= 11 is 0. The van der Waals surface area contributed by atoms with Gasteiger partial charge in [0.2, 0.25) is 5.95 Å². The molecule has 5 aromatic rings. The predicted molar refractivity (Wildman–Crippen MR) is 142 cm³/mol. The fourth-order valence-electron chi connectivity index (χ4n) is 4.05. The maximum Gasteiger partial charge on any atom is 0.225 e. The zero-order chi connectivity index (χ0) is 24.9. The number of anilines is 2. The first-order valence-corrected chi connectivity index (χ1v) is 11.7. The van der Waals surface area contributed by atoms with Crippen molar-refractivity contribution in [2.75, 3.05) is 24.9 Å². The van der Waals surface area contributed by atoms with E-state index in [1.54, 1.807) is 26.7 Å². The summed E-state index contributed by atoms with van der Waals surface area (Å²) in [7, 11) is 3.30. The quantitative estimate of drug-likeness (QED) is 0.283. The van der Waals surface area contributed by atoms with Gasteiger partial charge in [0, 0.05) is 24.5 Å². The Bertz CT molecular complexity index is 1450. The van der Waals surface area contributed by atoms with Gasteiger partial charge in [-0.15, -0.1) is 0 Å². The third kappa shape index (κ3) is 5.07. The second-order valence-corrected chi connectivity index (χ2v) is 8.41. The van der Waals surface area contributed by atoms with Crippen LogP contribution in [-0.4, -0.2) is 33.7 Å². The van der Waals surface area contributed by atoms with E-state index in [0.29, 0.717) is 12.5 Å². The number of imidazole rings is 1. The van der Waals surface area contributed by atoms with Gasteiger partial charge in [-0.3, -0.25) is 4.57 Å². The standard InChI is InChI=1S/C28H28N6O2/c1-19(21-7-5-4-6-8-21)32-28-29-12-11-27(33-28)34-18-31-25-15-22(9-10-26(25)34)30-17-20-13-23(35-2)16-24(14-20)36-3/h4-16,18-19,30H,17H2,1-3H3,(H,29,32,33). The largest absolute Gasteiger partial charge is 0.497 e. The van der Waals surface area contributed by atoms with E-state index < -0.39 is 0 Å². The molecule has 0 radical (unpaired) electrons. The molecule has 0 bridgehead atoms. The van der Waals surface area contributed by atoms with Gasteiger partial charge in [0.15, 0.2) is 0 Å². The van der Waals surface area contributed by atoms with E-state index in [1.165, 1.54) is 5.56 Å². The number of rotatable bonds is 9. The van der Waals surface area contributed by atoms with Gasteiger partial charge in [-0.25, -0.2) is 9.97 Å². The van der Waals surface area contributed by atoms with Crippen molar-refractivity contribution in [3.8, 4) is 17.3 Å². The molecular formula is C28H28N6O2. The lowest BCUT2D eigenvalue weighted by molar-refractivity contribution is 0.393. The topological polar surface area (TPSA) is 86.1 Å². The van der Waals surface area contributed by atoms with Crippen LogP contribution in [0.25, 0.3) is 16.9 Å². The molecule has 0 fully saturated rings. The summed E-state index contributed by atoms with van der Waals surface area (Å²) in [5.41, 5.74) is 5.03. The van der Waals surface area contributed by atoms with Crippen LogP contribution in [0.4, 0.5) is 11.6 Å². The summed E-state index contributed by atoms with van der Waals surface area (Å²) in [5.74, 6) is 2.84. The van der Waals surface area contributed by atoms with E-state index in [-0.39, 0.29) is 6.04 Å². The Labute approximate surface area is 210 Å². The highest BCUT2D eigenvalue weighted by Gasteiger charge is 2.11. The highest BCUT2D eigenvalue weighted by atomic mass is 16.5. The number of aromatic nitrogens is 4. The number of nitrogens with one attached hydrogen (secondary N) is 2. The Kier molecular flexibility index (Phi) is 6.66. The first-order valence-electron chi connectivity index (χ1n) is 11.7. The minimum absolute atomic E-state index is 0.0826. The smallest absolute Gasteiger partial charge is 0.225 e. The SMILES string of the molecule is COc1cc(CNc2ccc3c(c2)ncn3-c2ccnc(NC(C)c3ccccc3)n2)cc(OC)c1. The summed E-state index contributed by atoms with van der Waals surface area (Å²) in [6.07, 6.45) is 3.54. The molecule has 0 aliphatic heterocycles. The van der Waals surface area contributed by atoms with E-state index in [9.17, 15) is 0 Å². The molecule has 182 valence electrons. The normalized spacial score (nSPS) is 11.8. The zero-order valence-electron chi connectivity index (χ0n) is 20.5. The molecule has 0 aliphatic carbocycles. The summed E-state index contributed by atoms with van der Waals surface area (Å²) in [6.45, 7) is 2.72. The zero-order valence-corrected chi connectivity index (χ0v) is 20.5. The Morgan fingerprint density at radius 3 is 2.42 bits per heavy atom. The number of ether oxygens (including phenoxy) is 2. The molecule has 36 heavy (non-hydrogen) atoms. The molecule has 1 atom stereocenters. The minimum Gasteiger partial charge on any atom is -0.497 e. The maximum atomic E-state index is 5.37. The third-order valence-electron chi connectivity index (χ3n) is 5.99. The van der Waals surface area contributed by atoms with Gasteiger partial charge < -0.3 is 20.1 Å². The van der Waals surface area contributed by atoms with Gasteiger partial charge in [-0.1, -0.05) is 30.3 Å². The molecule has 8 nitrogen and oxygen atoms in total. The highest BCUT2D eigenvalue weighted by molar-refractivity contribution is 5.81. The van der Waals surface area contributed by atoms with Crippen LogP contribution >= 0.6 is 0 Å². The van der Waals surface area contributed by atoms with Gasteiger partial charge in [-0.2, -0.15) is 4.98 Å². The lowest BCUT2D eigenvalue weighted by Crippen LogP contribution is -2.10. The van der Waals surface area contributed by atoms with Gasteiger partial charge in [0.05, 0.1) is 31.3 Å². The van der Waals surface area contributed by atoms with Gasteiger partial charge in [-0.05, 0) is 54.4 Å². The number of methoxy groups -OCH3 is 2. The summed E-state index contributed by atoms with van der Waals surface area (Å²) < 4.78 is 12.7. The molecule has 0 saturated heterocycles. The Balaban J connectivity index is 1.33. The number of hydrogen-bond donors (Lipinski definition) is 2. The van der Waals surface area contributed by atoms with Crippen molar-refractivity contribution >= 4 is 22.7 Å². The van der Waals surface area contributed by atoms with Crippen LogP contribution in [0.5, 0.6) is 11.5 Å². The van der Waals surface area contributed by atoms with Gasteiger partial charge >= 0.3 is 0 Å². The second-order valence-electron chi connectivity index (χ2n) is 8.41. The van der Waals surface area contributed by atoms with E-state index in [0.717, 1.165) is 39.6 Å². The number of benzene rings is 3. The van der Waals surface area contributed by atoms with E-state index >= 15 is 0 Å². The molecule has 2 N–H and O–H groups in total. The van der Waals surface area contributed by atoms with Crippen molar-refractivity contribution in [1.82, 2.24) is 19.5 Å². The average molecular weight is 481 g/mol. The molecule has 3 aromatic carbocycles. The Morgan fingerprint density at radius 2 is 1.67 bits per heavy atom. The van der Waals surface area contributed by atoms with E-state index in [4.69, 9.17) is 14.5 Å². The lowest BCUT2D eigenvalue weighted by Gasteiger charge is -2.14. The average Bonchev–Trinajstić information content (AvgIpc) is 3.35. The molecule has 0 aliphatic rings. The summed E-state index contributed by atoms with van der Waals surface area (Å²) in [5, 5.41) is 6.84. The maximum absolute atomic E-state index is 5.37. The molecule has 0 amide bonds. The molecule has 0 saturated carbocycles. The predicted octanol–water partition coefficient (Wildman–Crippen LogP) is 5.62. The fraction of sp³-hybridized carbons (Fsp3) is 0.179. The van der Waals surface area contributed by atoms with Crippen molar-refractivity contribution in [2.45, 2.75) is 19.5 Å². The number of hydrogen-bond acceptors (Lipinski definition) is 7. The van der Waals surface area contributed by atoms with Gasteiger partial charge in [0.1, 0.15) is 23.6 Å². The molecule has 2 aromatic heterocycles. The molecule has 2 heterocycles. The number of nitrogens with zero attached hydrogens (tertiary/aromatic N) is 4. The Morgan fingerprint density at radius 1 is 0.889 bits per heavy atom. The van der Waals surface area contributed by atoms with Crippen LogP contribution in [0.2, 0.25) is 0 Å². The second kappa shape index (κ2) is 10.4.